The number of amides is 1. The summed E-state index contributed by atoms with van der Waals surface area (Å²) in [6.45, 7) is 0. The summed E-state index contributed by atoms with van der Waals surface area (Å²) in [5.41, 5.74) is 3.23. The van der Waals surface area contributed by atoms with Gasteiger partial charge in [-0.2, -0.15) is 0 Å². The lowest BCUT2D eigenvalue weighted by atomic mass is 10.1. The van der Waals surface area contributed by atoms with Gasteiger partial charge in [0, 0.05) is 15.7 Å². The van der Waals surface area contributed by atoms with E-state index in [1.165, 1.54) is 0 Å². The molecule has 128 valence electrons. The molecule has 3 aromatic carbocycles. The summed E-state index contributed by atoms with van der Waals surface area (Å²) in [6, 6.07) is 19.8. The molecule has 4 aromatic rings. The normalized spacial score (nSPS) is 10.8. The predicted molar refractivity (Wildman–Crippen MR) is 107 cm³/mol. The summed E-state index contributed by atoms with van der Waals surface area (Å²) >= 11 is 9.67. The smallest absolute Gasteiger partial charge is 0.255 e. The Morgan fingerprint density at radius 2 is 1.81 bits per heavy atom. The van der Waals surface area contributed by atoms with Crippen molar-refractivity contribution in [2.45, 2.75) is 0 Å². The van der Waals surface area contributed by atoms with E-state index in [0.717, 1.165) is 9.99 Å². The minimum Gasteiger partial charge on any atom is -0.436 e. The maximum Gasteiger partial charge on any atom is 0.255 e. The molecule has 0 aliphatic carbocycles. The zero-order valence-corrected chi connectivity index (χ0v) is 15.7. The number of rotatable bonds is 3. The lowest BCUT2D eigenvalue weighted by Crippen LogP contribution is -2.11. The van der Waals surface area contributed by atoms with Crippen molar-refractivity contribution in [1.29, 1.82) is 0 Å². The highest BCUT2D eigenvalue weighted by Gasteiger charge is 2.14. The molecule has 26 heavy (non-hydrogen) atoms. The van der Waals surface area contributed by atoms with Gasteiger partial charge in [-0.3, -0.25) is 4.79 Å². The number of nitrogens with zero attached hydrogens (tertiary/aromatic N) is 1. The van der Waals surface area contributed by atoms with Crippen LogP contribution in [0, 0.1) is 0 Å². The van der Waals surface area contributed by atoms with Gasteiger partial charge in [-0.1, -0.05) is 39.7 Å². The molecule has 4 nitrogen and oxygen atoms in total. The highest BCUT2D eigenvalue weighted by Crippen LogP contribution is 2.32. The third-order valence-electron chi connectivity index (χ3n) is 3.85. The fraction of sp³-hybridized carbons (Fsp3) is 0. The minimum absolute atomic E-state index is 0.205. The number of halogens is 2. The number of nitrogens with one attached hydrogen (secondary N) is 1. The van der Waals surface area contributed by atoms with Gasteiger partial charge in [-0.15, -0.1) is 0 Å². The quantitative estimate of drug-likeness (QED) is 0.426. The molecule has 1 aromatic heterocycles. The van der Waals surface area contributed by atoms with Crippen LogP contribution in [0.25, 0.3) is 22.6 Å². The molecule has 0 atom stereocenters. The molecule has 0 spiro atoms. The standard InChI is InChI=1S/C20H12BrClN2O2/c21-13-7-5-12(6-8-13)19(25)23-14-9-10-16(22)15(11-14)20-24-17-3-1-2-4-18(17)26-20/h1-11H,(H,23,25). The number of hydrogen-bond donors (Lipinski definition) is 1. The van der Waals surface area contributed by atoms with Gasteiger partial charge in [0.25, 0.3) is 5.91 Å². The Kier molecular flexibility index (Phi) is 4.49. The molecule has 0 unspecified atom stereocenters. The maximum absolute atomic E-state index is 12.4. The van der Waals surface area contributed by atoms with Crippen molar-refractivity contribution in [3.8, 4) is 11.5 Å². The van der Waals surface area contributed by atoms with Gasteiger partial charge in [0.1, 0.15) is 5.52 Å². The van der Waals surface area contributed by atoms with Gasteiger partial charge in [0.2, 0.25) is 5.89 Å². The zero-order chi connectivity index (χ0) is 18.1. The molecule has 0 bridgehead atoms. The SMILES string of the molecule is O=C(Nc1ccc(Cl)c(-c2nc3ccccc3o2)c1)c1ccc(Br)cc1. The molecule has 0 saturated carbocycles. The highest BCUT2D eigenvalue weighted by molar-refractivity contribution is 9.10. The molecule has 0 aliphatic heterocycles. The lowest BCUT2D eigenvalue weighted by Gasteiger charge is -2.08. The van der Waals surface area contributed by atoms with E-state index >= 15 is 0 Å². The van der Waals surface area contributed by atoms with Crippen LogP contribution in [0.4, 0.5) is 5.69 Å². The summed E-state index contributed by atoms with van der Waals surface area (Å²) in [5.74, 6) is 0.208. The molecule has 0 fully saturated rings. The number of carbonyl (C=O) groups excluding carboxylic acids is 1. The predicted octanol–water partition coefficient (Wildman–Crippen LogP) is 6.16. The summed E-state index contributed by atoms with van der Waals surface area (Å²) in [7, 11) is 0. The van der Waals surface area contributed by atoms with Gasteiger partial charge in [0.15, 0.2) is 5.58 Å². The summed E-state index contributed by atoms with van der Waals surface area (Å²) < 4.78 is 6.69. The first kappa shape index (κ1) is 16.8. The van der Waals surface area contributed by atoms with E-state index in [0.29, 0.717) is 33.3 Å². The summed E-state index contributed by atoms with van der Waals surface area (Å²) in [5, 5.41) is 3.36. The van der Waals surface area contributed by atoms with Gasteiger partial charge in [-0.25, -0.2) is 4.98 Å². The number of fused-ring (bicyclic) bond motifs is 1. The zero-order valence-electron chi connectivity index (χ0n) is 13.4. The average Bonchev–Trinajstić information content (AvgIpc) is 3.07. The van der Waals surface area contributed by atoms with Crippen molar-refractivity contribution >= 4 is 50.2 Å². The van der Waals surface area contributed by atoms with Crippen molar-refractivity contribution in [3.05, 3.63) is 81.8 Å². The molecule has 1 amide bonds. The second-order valence-corrected chi connectivity index (χ2v) is 6.97. The number of hydrogen-bond acceptors (Lipinski definition) is 3. The third kappa shape index (κ3) is 3.36. The van der Waals surface area contributed by atoms with Crippen molar-refractivity contribution < 1.29 is 9.21 Å². The number of anilines is 1. The van der Waals surface area contributed by atoms with Gasteiger partial charge >= 0.3 is 0 Å². The first-order valence-electron chi connectivity index (χ1n) is 7.82. The van der Waals surface area contributed by atoms with Crippen LogP contribution < -0.4 is 5.32 Å². The second-order valence-electron chi connectivity index (χ2n) is 5.64. The molecule has 0 aliphatic rings. The minimum atomic E-state index is -0.205. The van der Waals surface area contributed by atoms with Gasteiger partial charge in [0.05, 0.1) is 10.6 Å². The van der Waals surface area contributed by atoms with Crippen LogP contribution in [0.15, 0.2) is 75.6 Å². The maximum atomic E-state index is 12.4. The van der Waals surface area contributed by atoms with Crippen LogP contribution >= 0.6 is 27.5 Å². The van der Waals surface area contributed by atoms with E-state index < -0.39 is 0 Å². The van der Waals surface area contributed by atoms with Crippen LogP contribution in [0.2, 0.25) is 5.02 Å². The Balaban J connectivity index is 1.65. The molecule has 0 radical (unpaired) electrons. The van der Waals surface area contributed by atoms with Crippen LogP contribution in [0.5, 0.6) is 0 Å². The third-order valence-corrected chi connectivity index (χ3v) is 4.71. The number of carbonyl (C=O) groups is 1. The topological polar surface area (TPSA) is 55.1 Å². The number of benzene rings is 3. The highest BCUT2D eigenvalue weighted by atomic mass is 79.9. The van der Waals surface area contributed by atoms with Gasteiger partial charge < -0.3 is 9.73 Å². The van der Waals surface area contributed by atoms with E-state index in [1.807, 2.05) is 36.4 Å². The second kappa shape index (κ2) is 6.94. The van der Waals surface area contributed by atoms with E-state index in [9.17, 15) is 4.79 Å². The van der Waals surface area contributed by atoms with Crippen LogP contribution in [-0.4, -0.2) is 10.9 Å². The van der Waals surface area contributed by atoms with Crippen LogP contribution in [-0.2, 0) is 0 Å². The van der Waals surface area contributed by atoms with Crippen molar-refractivity contribution in [2.75, 3.05) is 5.32 Å². The Labute approximate surface area is 162 Å². The lowest BCUT2D eigenvalue weighted by molar-refractivity contribution is 0.102. The Morgan fingerprint density at radius 1 is 1.04 bits per heavy atom. The molecule has 4 rings (SSSR count). The first-order valence-corrected chi connectivity index (χ1v) is 9.00. The van der Waals surface area contributed by atoms with E-state index in [1.54, 1.807) is 30.3 Å². The molecule has 1 heterocycles. The number of para-hydroxylation sites is 2. The molecule has 6 heteroatoms. The van der Waals surface area contributed by atoms with Gasteiger partial charge in [-0.05, 0) is 54.6 Å². The molecule has 1 N–H and O–H groups in total. The van der Waals surface area contributed by atoms with E-state index in [4.69, 9.17) is 16.0 Å². The Hall–Kier alpha value is -2.63. The van der Waals surface area contributed by atoms with Crippen molar-refractivity contribution in [1.82, 2.24) is 4.98 Å². The van der Waals surface area contributed by atoms with E-state index in [2.05, 4.69) is 26.2 Å². The molecular weight excluding hydrogens is 416 g/mol. The Bertz CT molecular complexity index is 1070. The number of aromatic nitrogens is 1. The Morgan fingerprint density at radius 3 is 2.58 bits per heavy atom. The largest absolute Gasteiger partial charge is 0.436 e. The number of oxazole rings is 1. The summed E-state index contributed by atoms with van der Waals surface area (Å²) in [4.78, 5) is 16.9. The fourth-order valence-electron chi connectivity index (χ4n) is 2.56. The molecule has 0 saturated heterocycles. The van der Waals surface area contributed by atoms with E-state index in [-0.39, 0.29) is 5.91 Å². The monoisotopic (exact) mass is 426 g/mol. The fourth-order valence-corrected chi connectivity index (χ4v) is 3.02. The van der Waals surface area contributed by atoms with Crippen LogP contribution in [0.3, 0.4) is 0 Å². The summed E-state index contributed by atoms with van der Waals surface area (Å²) in [6.07, 6.45) is 0. The average molecular weight is 428 g/mol. The first-order chi connectivity index (χ1) is 12.6. The van der Waals surface area contributed by atoms with Crippen molar-refractivity contribution in [3.63, 3.8) is 0 Å². The van der Waals surface area contributed by atoms with Crippen molar-refractivity contribution in [2.24, 2.45) is 0 Å². The molecular formula is C20H12BrClN2O2. The van der Waals surface area contributed by atoms with Crippen LogP contribution in [0.1, 0.15) is 10.4 Å².